The lowest BCUT2D eigenvalue weighted by molar-refractivity contribution is -0.384. The van der Waals surface area contributed by atoms with Crippen LogP contribution in [-0.4, -0.2) is 32.5 Å². The van der Waals surface area contributed by atoms with E-state index >= 15 is 0 Å². The summed E-state index contributed by atoms with van der Waals surface area (Å²) in [7, 11) is -4.20. The van der Waals surface area contributed by atoms with Crippen molar-refractivity contribution in [2.24, 2.45) is 0 Å². The summed E-state index contributed by atoms with van der Waals surface area (Å²) >= 11 is 6.00. The number of esters is 1. The molecule has 0 heterocycles. The zero-order valence-corrected chi connectivity index (χ0v) is 16.2. The van der Waals surface area contributed by atoms with Gasteiger partial charge in [0.25, 0.3) is 15.7 Å². The number of nitrogens with zero attached hydrogens (tertiary/aromatic N) is 2. The summed E-state index contributed by atoms with van der Waals surface area (Å²) in [5, 5.41) is 11.1. The van der Waals surface area contributed by atoms with Crippen LogP contribution in [-0.2, 0) is 19.6 Å². The first-order chi connectivity index (χ1) is 12.7. The molecule has 2 aromatic carbocycles. The highest BCUT2D eigenvalue weighted by atomic mass is 35.5. The number of non-ortho nitro benzene ring substituents is 1. The van der Waals surface area contributed by atoms with Crippen LogP contribution in [0, 0.1) is 17.0 Å². The normalized spacial score (nSPS) is 11.1. The first-order valence-electron chi connectivity index (χ1n) is 7.85. The Bertz CT molecular complexity index is 960. The minimum Gasteiger partial charge on any atom is -0.465 e. The van der Waals surface area contributed by atoms with Crippen LogP contribution in [0.3, 0.4) is 0 Å². The van der Waals surface area contributed by atoms with Crippen molar-refractivity contribution in [3.05, 3.63) is 63.2 Å². The lowest BCUT2D eigenvalue weighted by atomic mass is 10.2. The van der Waals surface area contributed by atoms with Crippen molar-refractivity contribution in [1.82, 2.24) is 0 Å². The van der Waals surface area contributed by atoms with Gasteiger partial charge in [0.05, 0.1) is 22.1 Å². The summed E-state index contributed by atoms with van der Waals surface area (Å²) in [4.78, 5) is 22.0. The Hall–Kier alpha value is -2.65. The second kappa shape index (κ2) is 8.36. The molecule has 0 radical (unpaired) electrons. The summed E-state index contributed by atoms with van der Waals surface area (Å²) < 4.78 is 32.0. The van der Waals surface area contributed by atoms with Gasteiger partial charge in [-0.3, -0.25) is 19.2 Å². The van der Waals surface area contributed by atoms with Crippen molar-refractivity contribution in [3.63, 3.8) is 0 Å². The van der Waals surface area contributed by atoms with Crippen LogP contribution in [0.4, 0.5) is 11.4 Å². The Morgan fingerprint density at radius 2 is 1.85 bits per heavy atom. The molecule has 27 heavy (non-hydrogen) atoms. The molecule has 0 saturated heterocycles. The van der Waals surface area contributed by atoms with Gasteiger partial charge < -0.3 is 4.74 Å². The molecule has 2 aromatic rings. The summed E-state index contributed by atoms with van der Waals surface area (Å²) in [5.41, 5.74) is 0.549. The first-order valence-corrected chi connectivity index (χ1v) is 9.67. The Morgan fingerprint density at radius 3 is 2.41 bits per heavy atom. The van der Waals surface area contributed by atoms with Gasteiger partial charge in [0.1, 0.15) is 6.54 Å². The van der Waals surface area contributed by atoms with Gasteiger partial charge in [-0.15, -0.1) is 0 Å². The summed E-state index contributed by atoms with van der Waals surface area (Å²) in [5.74, 6) is -0.734. The number of halogens is 1. The van der Waals surface area contributed by atoms with Gasteiger partial charge in [-0.1, -0.05) is 17.7 Å². The molecule has 10 heteroatoms. The fraction of sp³-hybridized carbons (Fsp3) is 0.235. The van der Waals surface area contributed by atoms with Gasteiger partial charge >= 0.3 is 5.97 Å². The van der Waals surface area contributed by atoms with Crippen molar-refractivity contribution < 1.29 is 22.9 Å². The van der Waals surface area contributed by atoms with Crippen LogP contribution >= 0.6 is 11.6 Å². The molecular weight excluding hydrogens is 396 g/mol. The highest BCUT2D eigenvalue weighted by Gasteiger charge is 2.29. The Kier molecular flexibility index (Phi) is 6.40. The number of hydrogen-bond acceptors (Lipinski definition) is 6. The van der Waals surface area contributed by atoms with Crippen LogP contribution < -0.4 is 4.31 Å². The van der Waals surface area contributed by atoms with Crippen LogP contribution in [0.5, 0.6) is 0 Å². The molecule has 144 valence electrons. The molecular formula is C17H17ClN2O6S. The number of benzene rings is 2. The monoisotopic (exact) mass is 412 g/mol. The van der Waals surface area contributed by atoms with Crippen LogP contribution in [0.15, 0.2) is 47.4 Å². The number of nitro benzene ring substituents is 1. The third kappa shape index (κ3) is 4.75. The van der Waals surface area contributed by atoms with E-state index in [4.69, 9.17) is 16.3 Å². The van der Waals surface area contributed by atoms with E-state index in [0.29, 0.717) is 10.6 Å². The predicted molar refractivity (Wildman–Crippen MR) is 100 cm³/mol. The van der Waals surface area contributed by atoms with Gasteiger partial charge in [-0.05, 0) is 43.7 Å². The molecule has 0 N–H and O–H groups in total. The third-order valence-electron chi connectivity index (χ3n) is 3.65. The van der Waals surface area contributed by atoms with E-state index in [-0.39, 0.29) is 22.9 Å². The summed E-state index contributed by atoms with van der Waals surface area (Å²) in [6, 6.07) is 9.05. The number of anilines is 1. The maximum Gasteiger partial charge on any atom is 0.326 e. The molecule has 0 fully saturated rings. The Morgan fingerprint density at radius 1 is 1.22 bits per heavy atom. The number of carbonyl (C=O) groups is 1. The Balaban J connectivity index is 2.55. The number of aryl methyl sites for hydroxylation is 1. The van der Waals surface area contributed by atoms with Gasteiger partial charge in [-0.2, -0.15) is 0 Å². The average Bonchev–Trinajstić information content (AvgIpc) is 2.62. The minimum atomic E-state index is -4.20. The van der Waals surface area contributed by atoms with Crippen molar-refractivity contribution in [3.8, 4) is 0 Å². The van der Waals surface area contributed by atoms with E-state index in [9.17, 15) is 23.3 Å². The minimum absolute atomic E-state index is 0.0960. The number of ether oxygens (including phenoxy) is 1. The van der Waals surface area contributed by atoms with E-state index in [1.165, 1.54) is 6.07 Å². The van der Waals surface area contributed by atoms with E-state index < -0.39 is 27.5 Å². The maximum absolute atomic E-state index is 13.1. The van der Waals surface area contributed by atoms with Gasteiger partial charge in [0.2, 0.25) is 0 Å². The second-order valence-corrected chi connectivity index (χ2v) is 7.80. The number of nitro groups is 1. The number of carbonyl (C=O) groups excluding carboxylic acids is 1. The van der Waals surface area contributed by atoms with Crippen molar-refractivity contribution in [2.75, 3.05) is 17.5 Å². The molecule has 0 aromatic heterocycles. The van der Waals surface area contributed by atoms with Gasteiger partial charge in [-0.25, -0.2) is 8.42 Å². The molecule has 0 aliphatic carbocycles. The molecule has 0 aliphatic rings. The van der Waals surface area contributed by atoms with Crippen LogP contribution in [0.25, 0.3) is 0 Å². The SMILES string of the molecule is CCOC(=O)CN(c1cc(Cl)ccc1C)S(=O)(=O)c1ccc([N+](=O)[O-])cc1. The topological polar surface area (TPSA) is 107 Å². The molecule has 0 amide bonds. The highest BCUT2D eigenvalue weighted by molar-refractivity contribution is 7.92. The van der Waals surface area contributed by atoms with E-state index in [2.05, 4.69) is 0 Å². The maximum atomic E-state index is 13.1. The second-order valence-electron chi connectivity index (χ2n) is 5.50. The zero-order chi connectivity index (χ0) is 20.2. The van der Waals surface area contributed by atoms with E-state index in [1.54, 1.807) is 26.0 Å². The lowest BCUT2D eigenvalue weighted by Crippen LogP contribution is -2.37. The number of rotatable bonds is 7. The van der Waals surface area contributed by atoms with E-state index in [0.717, 1.165) is 28.6 Å². The standard InChI is InChI=1S/C17H17ClN2O6S/c1-3-26-17(21)11-19(16-10-13(18)5-4-12(16)2)27(24,25)15-8-6-14(7-9-15)20(22)23/h4-10H,3,11H2,1-2H3. The third-order valence-corrected chi connectivity index (χ3v) is 5.66. The quantitative estimate of drug-likeness (QED) is 0.392. The fourth-order valence-corrected chi connectivity index (χ4v) is 3.97. The number of sulfonamides is 1. The molecule has 0 spiro atoms. The summed E-state index contributed by atoms with van der Waals surface area (Å²) in [6.45, 7) is 2.82. The van der Waals surface area contributed by atoms with Crippen molar-refractivity contribution in [1.29, 1.82) is 0 Å². The molecule has 0 aliphatic heterocycles. The Labute approximate surface area is 161 Å². The lowest BCUT2D eigenvalue weighted by Gasteiger charge is -2.25. The molecule has 0 atom stereocenters. The molecule has 0 unspecified atom stereocenters. The molecule has 0 saturated carbocycles. The smallest absolute Gasteiger partial charge is 0.326 e. The largest absolute Gasteiger partial charge is 0.465 e. The van der Waals surface area contributed by atoms with Crippen molar-refractivity contribution in [2.45, 2.75) is 18.7 Å². The van der Waals surface area contributed by atoms with Gasteiger partial charge in [0, 0.05) is 17.2 Å². The van der Waals surface area contributed by atoms with Gasteiger partial charge in [0.15, 0.2) is 0 Å². The van der Waals surface area contributed by atoms with Crippen LogP contribution in [0.1, 0.15) is 12.5 Å². The predicted octanol–water partition coefficient (Wildman–Crippen LogP) is 3.32. The molecule has 2 rings (SSSR count). The zero-order valence-electron chi connectivity index (χ0n) is 14.6. The fourth-order valence-electron chi connectivity index (χ4n) is 2.34. The first kappa shape index (κ1) is 20.7. The van der Waals surface area contributed by atoms with E-state index in [1.807, 2.05) is 0 Å². The van der Waals surface area contributed by atoms with Crippen LogP contribution in [0.2, 0.25) is 5.02 Å². The number of hydrogen-bond donors (Lipinski definition) is 0. The average molecular weight is 413 g/mol. The highest BCUT2D eigenvalue weighted by Crippen LogP contribution is 2.30. The summed E-state index contributed by atoms with van der Waals surface area (Å²) in [6.07, 6.45) is 0. The molecule has 0 bridgehead atoms. The van der Waals surface area contributed by atoms with Crippen molar-refractivity contribution >= 4 is 39.0 Å². The molecule has 8 nitrogen and oxygen atoms in total.